The van der Waals surface area contributed by atoms with E-state index in [-0.39, 0.29) is 57.9 Å². The largest absolute Gasteiger partial charge is 0.481 e. The number of nitrogens with zero attached hydrogens (tertiary/aromatic N) is 3. The quantitative estimate of drug-likeness (QED) is 0.348. The highest BCUT2D eigenvalue weighted by Gasteiger charge is 2.31. The molecule has 11 heteroatoms. The van der Waals surface area contributed by atoms with Gasteiger partial charge in [-0.1, -0.05) is 18.2 Å². The fraction of sp³-hybridized carbons (Fsp3) is 0.192. The standard InChI is InChI=1S/C26H23N3O8/c1-5-36-25(33)20-14(2)29(23(30)15-9-7-6-8-10-15)16-11-12-17(22(21(16)20)24(31)32)37-26-27-18(34-3)13-19(28-26)35-4/h6-13H,5H2,1-4H3,(H,31,32). The molecule has 0 aliphatic carbocycles. The van der Waals surface area contributed by atoms with E-state index in [2.05, 4.69) is 9.97 Å². The molecule has 2 aromatic carbocycles. The predicted molar refractivity (Wildman–Crippen MR) is 131 cm³/mol. The van der Waals surface area contributed by atoms with Crippen LogP contribution in [0.25, 0.3) is 10.9 Å². The average molecular weight is 505 g/mol. The number of ether oxygens (including phenoxy) is 4. The molecule has 0 atom stereocenters. The Balaban J connectivity index is 1.99. The fourth-order valence-corrected chi connectivity index (χ4v) is 3.94. The van der Waals surface area contributed by atoms with Crippen molar-refractivity contribution in [1.82, 2.24) is 14.5 Å². The molecule has 0 amide bonds. The number of esters is 1. The Kier molecular flexibility index (Phi) is 7.05. The third-order valence-electron chi connectivity index (χ3n) is 5.53. The van der Waals surface area contributed by atoms with Gasteiger partial charge >= 0.3 is 17.9 Å². The van der Waals surface area contributed by atoms with E-state index in [9.17, 15) is 19.5 Å². The Labute approximate surface area is 211 Å². The van der Waals surface area contributed by atoms with E-state index in [0.29, 0.717) is 5.56 Å². The maximum absolute atomic E-state index is 13.5. The van der Waals surface area contributed by atoms with Gasteiger partial charge in [0.15, 0.2) is 0 Å². The molecule has 0 aliphatic heterocycles. The highest BCUT2D eigenvalue weighted by atomic mass is 16.5. The number of carbonyl (C=O) groups is 3. The molecular formula is C26H23N3O8. The number of rotatable bonds is 8. The molecule has 0 radical (unpaired) electrons. The van der Waals surface area contributed by atoms with Gasteiger partial charge in [0.2, 0.25) is 11.8 Å². The van der Waals surface area contributed by atoms with Crippen molar-refractivity contribution in [3.63, 3.8) is 0 Å². The summed E-state index contributed by atoms with van der Waals surface area (Å²) in [6, 6.07) is 12.5. The minimum Gasteiger partial charge on any atom is -0.481 e. The number of fused-ring (bicyclic) bond motifs is 1. The second-order valence-corrected chi connectivity index (χ2v) is 7.66. The Bertz CT molecular complexity index is 1490. The number of hydrogen-bond donors (Lipinski definition) is 1. The fourth-order valence-electron chi connectivity index (χ4n) is 3.94. The van der Waals surface area contributed by atoms with Crippen molar-refractivity contribution >= 4 is 28.7 Å². The first kappa shape index (κ1) is 25.2. The molecule has 4 rings (SSSR count). The lowest BCUT2D eigenvalue weighted by molar-refractivity contribution is 0.0527. The van der Waals surface area contributed by atoms with E-state index in [4.69, 9.17) is 18.9 Å². The van der Waals surface area contributed by atoms with Crippen LogP contribution in [0.15, 0.2) is 48.5 Å². The van der Waals surface area contributed by atoms with Crippen LogP contribution in [0.1, 0.15) is 43.7 Å². The van der Waals surface area contributed by atoms with Crippen LogP contribution in [-0.4, -0.2) is 58.3 Å². The third kappa shape index (κ3) is 4.66. The summed E-state index contributed by atoms with van der Waals surface area (Å²) in [7, 11) is 2.78. The minimum atomic E-state index is -1.40. The number of methoxy groups -OCH3 is 2. The zero-order valence-electron chi connectivity index (χ0n) is 20.5. The predicted octanol–water partition coefficient (Wildman–Crippen LogP) is 4.11. The van der Waals surface area contributed by atoms with Crippen LogP contribution in [0.2, 0.25) is 0 Å². The minimum absolute atomic E-state index is 0.0138. The Morgan fingerprint density at radius 1 is 0.946 bits per heavy atom. The van der Waals surface area contributed by atoms with Crippen molar-refractivity contribution < 1.29 is 38.4 Å². The van der Waals surface area contributed by atoms with Gasteiger partial charge in [0.25, 0.3) is 5.91 Å². The Morgan fingerprint density at radius 3 is 2.16 bits per heavy atom. The number of benzene rings is 2. The summed E-state index contributed by atoms with van der Waals surface area (Å²) in [5.41, 5.74) is 0.346. The summed E-state index contributed by atoms with van der Waals surface area (Å²) < 4.78 is 22.5. The summed E-state index contributed by atoms with van der Waals surface area (Å²) in [5.74, 6) is -2.52. The molecular weight excluding hydrogens is 482 g/mol. The van der Waals surface area contributed by atoms with Crippen LogP contribution in [-0.2, 0) is 4.74 Å². The molecule has 190 valence electrons. The van der Waals surface area contributed by atoms with Gasteiger partial charge in [0.05, 0.1) is 38.0 Å². The number of carboxylic acid groups (broad SMARTS) is 1. The Morgan fingerprint density at radius 2 is 1.59 bits per heavy atom. The van der Waals surface area contributed by atoms with E-state index in [0.717, 1.165) is 0 Å². The van der Waals surface area contributed by atoms with Gasteiger partial charge in [-0.25, -0.2) is 9.59 Å². The topological polar surface area (TPSA) is 139 Å². The molecule has 37 heavy (non-hydrogen) atoms. The number of aromatic carboxylic acids is 1. The van der Waals surface area contributed by atoms with Crippen molar-refractivity contribution in [2.75, 3.05) is 20.8 Å². The lowest BCUT2D eigenvalue weighted by Crippen LogP contribution is -2.14. The highest BCUT2D eigenvalue weighted by Crippen LogP contribution is 2.37. The lowest BCUT2D eigenvalue weighted by Gasteiger charge is -2.11. The summed E-state index contributed by atoms with van der Waals surface area (Å²) in [4.78, 5) is 47.2. The van der Waals surface area contributed by atoms with Crippen LogP contribution in [0, 0.1) is 6.92 Å². The van der Waals surface area contributed by atoms with E-state index in [1.54, 1.807) is 44.2 Å². The second-order valence-electron chi connectivity index (χ2n) is 7.66. The normalized spacial score (nSPS) is 10.7. The van der Waals surface area contributed by atoms with E-state index in [1.807, 2.05) is 0 Å². The summed E-state index contributed by atoms with van der Waals surface area (Å²) >= 11 is 0. The van der Waals surface area contributed by atoms with E-state index in [1.165, 1.54) is 37.0 Å². The SMILES string of the molecule is CCOC(=O)c1c(C)n(C(=O)c2ccccc2)c2ccc(Oc3nc(OC)cc(OC)n3)c(C(=O)O)c12. The highest BCUT2D eigenvalue weighted by molar-refractivity contribution is 6.18. The summed E-state index contributed by atoms with van der Waals surface area (Å²) in [6.07, 6.45) is 0. The molecule has 0 saturated heterocycles. The molecule has 1 N–H and O–H groups in total. The van der Waals surface area contributed by atoms with Crippen molar-refractivity contribution in [3.8, 4) is 23.5 Å². The number of carbonyl (C=O) groups excluding carboxylic acids is 2. The molecule has 0 bridgehead atoms. The molecule has 0 fully saturated rings. The molecule has 11 nitrogen and oxygen atoms in total. The van der Waals surface area contributed by atoms with Crippen molar-refractivity contribution in [1.29, 1.82) is 0 Å². The molecule has 2 heterocycles. The van der Waals surface area contributed by atoms with Gasteiger partial charge in [-0.2, -0.15) is 9.97 Å². The maximum Gasteiger partial charge on any atom is 0.340 e. The van der Waals surface area contributed by atoms with Gasteiger partial charge in [0.1, 0.15) is 11.3 Å². The van der Waals surface area contributed by atoms with Crippen LogP contribution in [0.4, 0.5) is 0 Å². The monoisotopic (exact) mass is 505 g/mol. The van der Waals surface area contributed by atoms with Crippen LogP contribution in [0.3, 0.4) is 0 Å². The maximum atomic E-state index is 13.5. The van der Waals surface area contributed by atoms with Gasteiger partial charge in [0, 0.05) is 16.6 Å². The lowest BCUT2D eigenvalue weighted by atomic mass is 10.0. The first-order valence-corrected chi connectivity index (χ1v) is 11.1. The van der Waals surface area contributed by atoms with Crippen molar-refractivity contribution in [3.05, 3.63) is 70.9 Å². The first-order valence-electron chi connectivity index (χ1n) is 11.1. The van der Waals surface area contributed by atoms with Crippen molar-refractivity contribution in [2.24, 2.45) is 0 Å². The second kappa shape index (κ2) is 10.4. The van der Waals surface area contributed by atoms with Crippen LogP contribution >= 0.6 is 0 Å². The Hall–Kier alpha value is -4.93. The molecule has 0 aliphatic rings. The van der Waals surface area contributed by atoms with Gasteiger partial charge in [-0.15, -0.1) is 0 Å². The number of aromatic nitrogens is 3. The zero-order valence-corrected chi connectivity index (χ0v) is 20.5. The van der Waals surface area contributed by atoms with Gasteiger partial charge in [-0.3, -0.25) is 9.36 Å². The number of hydrogen-bond acceptors (Lipinski definition) is 9. The molecule has 2 aromatic heterocycles. The zero-order chi connectivity index (χ0) is 26.7. The van der Waals surface area contributed by atoms with Gasteiger partial charge < -0.3 is 24.1 Å². The van der Waals surface area contributed by atoms with Gasteiger partial charge in [-0.05, 0) is 38.1 Å². The van der Waals surface area contributed by atoms with E-state index >= 15 is 0 Å². The van der Waals surface area contributed by atoms with Crippen LogP contribution in [0.5, 0.6) is 23.5 Å². The average Bonchev–Trinajstić information content (AvgIpc) is 3.19. The van der Waals surface area contributed by atoms with Crippen LogP contribution < -0.4 is 14.2 Å². The summed E-state index contributed by atoms with van der Waals surface area (Å²) in [6.45, 7) is 3.23. The smallest absolute Gasteiger partial charge is 0.340 e. The molecule has 0 spiro atoms. The summed E-state index contributed by atoms with van der Waals surface area (Å²) in [5, 5.41) is 10.2. The first-order chi connectivity index (χ1) is 17.8. The third-order valence-corrected chi connectivity index (χ3v) is 5.53. The molecule has 4 aromatic rings. The molecule has 0 unspecified atom stereocenters. The molecule has 0 saturated carbocycles. The number of carboxylic acids is 1. The van der Waals surface area contributed by atoms with E-state index < -0.39 is 17.8 Å². The van der Waals surface area contributed by atoms with Crippen molar-refractivity contribution in [2.45, 2.75) is 13.8 Å².